The SMILES string of the molecule is O=S(=O)(/N=C\c1ccc(O)c(Cl)c1)c1ccccc1. The van der Waals surface area contributed by atoms with Crippen LogP contribution in [0, 0.1) is 0 Å². The van der Waals surface area contributed by atoms with Crippen LogP contribution < -0.4 is 0 Å². The van der Waals surface area contributed by atoms with Gasteiger partial charge in [0.25, 0.3) is 10.0 Å². The van der Waals surface area contributed by atoms with Gasteiger partial charge >= 0.3 is 0 Å². The van der Waals surface area contributed by atoms with Gasteiger partial charge in [-0.1, -0.05) is 29.8 Å². The summed E-state index contributed by atoms with van der Waals surface area (Å²) < 4.78 is 27.3. The van der Waals surface area contributed by atoms with Crippen LogP contribution in [0.15, 0.2) is 57.8 Å². The highest BCUT2D eigenvalue weighted by Gasteiger charge is 2.10. The molecule has 2 aromatic rings. The van der Waals surface area contributed by atoms with Crippen molar-refractivity contribution in [3.63, 3.8) is 0 Å². The average molecular weight is 296 g/mol. The zero-order chi connectivity index (χ0) is 13.9. The average Bonchev–Trinajstić information content (AvgIpc) is 2.41. The van der Waals surface area contributed by atoms with E-state index in [1.807, 2.05) is 0 Å². The molecule has 0 radical (unpaired) electrons. The molecule has 98 valence electrons. The van der Waals surface area contributed by atoms with Crippen LogP contribution >= 0.6 is 11.6 Å². The molecule has 0 aromatic heterocycles. The highest BCUT2D eigenvalue weighted by atomic mass is 35.5. The standard InChI is InChI=1S/C13H10ClNO3S/c14-12-8-10(6-7-13(12)16)9-15-19(17,18)11-4-2-1-3-5-11/h1-9,16H/b15-9-. The Bertz CT molecular complexity index is 712. The summed E-state index contributed by atoms with van der Waals surface area (Å²) in [6.07, 6.45) is 1.19. The first-order valence-corrected chi connectivity index (χ1v) is 7.15. The maximum absolute atomic E-state index is 11.9. The second-order valence-electron chi connectivity index (χ2n) is 3.73. The van der Waals surface area contributed by atoms with Crippen LogP contribution in [0.1, 0.15) is 5.56 Å². The fourth-order valence-electron chi connectivity index (χ4n) is 1.39. The molecule has 4 nitrogen and oxygen atoms in total. The highest BCUT2D eigenvalue weighted by molar-refractivity contribution is 7.90. The second kappa shape index (κ2) is 5.42. The van der Waals surface area contributed by atoms with Crippen molar-refractivity contribution in [3.05, 3.63) is 59.1 Å². The largest absolute Gasteiger partial charge is 0.506 e. The fourth-order valence-corrected chi connectivity index (χ4v) is 2.46. The van der Waals surface area contributed by atoms with E-state index >= 15 is 0 Å². The molecule has 0 spiro atoms. The maximum atomic E-state index is 11.9. The minimum absolute atomic E-state index is 0.0651. The first-order valence-electron chi connectivity index (χ1n) is 5.33. The number of aromatic hydroxyl groups is 1. The summed E-state index contributed by atoms with van der Waals surface area (Å²) in [6.45, 7) is 0. The molecule has 2 rings (SSSR count). The molecule has 0 atom stereocenters. The summed E-state index contributed by atoms with van der Waals surface area (Å²) >= 11 is 5.72. The Kier molecular flexibility index (Phi) is 3.87. The van der Waals surface area contributed by atoms with Gasteiger partial charge in [-0.15, -0.1) is 0 Å². The molecule has 0 heterocycles. The van der Waals surface area contributed by atoms with Crippen LogP contribution in [0.3, 0.4) is 0 Å². The molecule has 19 heavy (non-hydrogen) atoms. The lowest BCUT2D eigenvalue weighted by Gasteiger charge is -1.99. The minimum atomic E-state index is -3.72. The Morgan fingerprint density at radius 2 is 1.79 bits per heavy atom. The number of benzene rings is 2. The summed E-state index contributed by atoms with van der Waals surface area (Å²) in [4.78, 5) is 0.121. The third kappa shape index (κ3) is 3.33. The van der Waals surface area contributed by atoms with E-state index in [0.717, 1.165) is 0 Å². The number of hydrogen-bond donors (Lipinski definition) is 1. The quantitative estimate of drug-likeness (QED) is 0.885. The Balaban J connectivity index is 2.30. The van der Waals surface area contributed by atoms with E-state index in [-0.39, 0.29) is 15.7 Å². The molecule has 0 aliphatic carbocycles. The van der Waals surface area contributed by atoms with Gasteiger partial charge in [0.15, 0.2) is 0 Å². The highest BCUT2D eigenvalue weighted by Crippen LogP contribution is 2.23. The van der Waals surface area contributed by atoms with Gasteiger partial charge < -0.3 is 5.11 Å². The molecule has 0 aliphatic heterocycles. The second-order valence-corrected chi connectivity index (χ2v) is 5.77. The van der Waals surface area contributed by atoms with E-state index in [1.54, 1.807) is 18.2 Å². The van der Waals surface area contributed by atoms with Crippen molar-refractivity contribution in [2.24, 2.45) is 4.40 Å². The molecule has 0 bridgehead atoms. The van der Waals surface area contributed by atoms with Crippen molar-refractivity contribution in [3.8, 4) is 5.75 Å². The fraction of sp³-hybridized carbons (Fsp3) is 0. The third-order valence-corrected chi connectivity index (χ3v) is 3.91. The molecule has 2 aromatic carbocycles. The molecule has 0 aliphatic rings. The molecule has 1 N–H and O–H groups in total. The molecular weight excluding hydrogens is 286 g/mol. The van der Waals surface area contributed by atoms with Gasteiger partial charge in [-0.2, -0.15) is 12.8 Å². The van der Waals surface area contributed by atoms with E-state index < -0.39 is 10.0 Å². The predicted molar refractivity (Wildman–Crippen MR) is 74.3 cm³/mol. The molecule has 0 fully saturated rings. The van der Waals surface area contributed by atoms with Gasteiger partial charge in [0, 0.05) is 6.21 Å². The van der Waals surface area contributed by atoms with Gasteiger partial charge in [0.1, 0.15) is 5.75 Å². The van der Waals surface area contributed by atoms with Crippen LogP contribution in [-0.2, 0) is 10.0 Å². The van der Waals surface area contributed by atoms with Crippen LogP contribution in [0.25, 0.3) is 0 Å². The Morgan fingerprint density at radius 1 is 1.11 bits per heavy atom. The summed E-state index contributed by atoms with van der Waals surface area (Å²) in [5, 5.41) is 9.39. The Morgan fingerprint density at radius 3 is 2.42 bits per heavy atom. The first kappa shape index (κ1) is 13.6. The van der Waals surface area contributed by atoms with Crippen molar-refractivity contribution in [1.82, 2.24) is 0 Å². The third-order valence-electron chi connectivity index (χ3n) is 2.35. The first-order chi connectivity index (χ1) is 8.99. The maximum Gasteiger partial charge on any atom is 0.282 e. The monoisotopic (exact) mass is 295 g/mol. The number of hydrogen-bond acceptors (Lipinski definition) is 3. The number of phenols is 1. The van der Waals surface area contributed by atoms with Crippen molar-refractivity contribution in [2.75, 3.05) is 0 Å². The molecule has 0 saturated carbocycles. The van der Waals surface area contributed by atoms with Crippen molar-refractivity contribution >= 4 is 27.8 Å². The van der Waals surface area contributed by atoms with Crippen LogP contribution in [-0.4, -0.2) is 19.7 Å². The van der Waals surface area contributed by atoms with Gasteiger partial charge in [-0.05, 0) is 35.9 Å². The minimum Gasteiger partial charge on any atom is -0.506 e. The lowest BCUT2D eigenvalue weighted by Crippen LogP contribution is -1.97. The van der Waals surface area contributed by atoms with Gasteiger partial charge in [0.05, 0.1) is 9.92 Å². The van der Waals surface area contributed by atoms with Gasteiger partial charge in [0.2, 0.25) is 0 Å². The Hall–Kier alpha value is -1.85. The molecular formula is C13H10ClNO3S. The summed E-state index contributed by atoms with van der Waals surface area (Å²) in [6, 6.07) is 12.2. The molecule has 6 heteroatoms. The summed E-state index contributed by atoms with van der Waals surface area (Å²) in [7, 11) is -3.72. The zero-order valence-electron chi connectivity index (χ0n) is 9.69. The van der Waals surface area contributed by atoms with E-state index in [0.29, 0.717) is 5.56 Å². The Labute approximate surface area is 116 Å². The smallest absolute Gasteiger partial charge is 0.282 e. The lowest BCUT2D eigenvalue weighted by atomic mass is 10.2. The number of halogens is 1. The summed E-state index contributed by atoms with van der Waals surface area (Å²) in [5.74, 6) is -0.0651. The number of nitrogens with zero attached hydrogens (tertiary/aromatic N) is 1. The van der Waals surface area contributed by atoms with Crippen molar-refractivity contribution in [1.29, 1.82) is 0 Å². The van der Waals surface area contributed by atoms with Crippen LogP contribution in [0.4, 0.5) is 0 Å². The lowest BCUT2D eigenvalue weighted by molar-refractivity contribution is 0.475. The van der Waals surface area contributed by atoms with E-state index in [9.17, 15) is 13.5 Å². The zero-order valence-corrected chi connectivity index (χ0v) is 11.3. The summed E-state index contributed by atoms with van der Waals surface area (Å²) in [5.41, 5.74) is 0.488. The van der Waals surface area contributed by atoms with E-state index in [4.69, 9.17) is 11.6 Å². The molecule has 0 amide bonds. The number of rotatable bonds is 3. The molecule has 0 saturated heterocycles. The van der Waals surface area contributed by atoms with Crippen LogP contribution in [0.2, 0.25) is 5.02 Å². The molecule has 0 unspecified atom stereocenters. The van der Waals surface area contributed by atoms with Crippen LogP contribution in [0.5, 0.6) is 5.75 Å². The van der Waals surface area contributed by atoms with Gasteiger partial charge in [-0.25, -0.2) is 0 Å². The van der Waals surface area contributed by atoms with E-state index in [1.165, 1.54) is 36.5 Å². The van der Waals surface area contributed by atoms with Crippen molar-refractivity contribution < 1.29 is 13.5 Å². The van der Waals surface area contributed by atoms with E-state index in [2.05, 4.69) is 4.40 Å². The normalized spacial score (nSPS) is 11.8. The topological polar surface area (TPSA) is 66.7 Å². The van der Waals surface area contributed by atoms with Gasteiger partial charge in [-0.3, -0.25) is 0 Å². The predicted octanol–water partition coefficient (Wildman–Crippen LogP) is 2.85. The number of sulfonamides is 1. The van der Waals surface area contributed by atoms with Crippen molar-refractivity contribution in [2.45, 2.75) is 4.90 Å². The number of phenolic OH excluding ortho intramolecular Hbond substituents is 1.